The molecule has 1 saturated carbocycles. The third-order valence-corrected chi connectivity index (χ3v) is 3.89. The molecule has 3 N–H and O–H groups in total. The van der Waals surface area contributed by atoms with Gasteiger partial charge in [-0.15, -0.1) is 0 Å². The first-order valence-corrected chi connectivity index (χ1v) is 7.46. The van der Waals surface area contributed by atoms with Crippen molar-refractivity contribution in [3.05, 3.63) is 35.6 Å². The van der Waals surface area contributed by atoms with E-state index in [1.54, 1.807) is 19.2 Å². The van der Waals surface area contributed by atoms with E-state index < -0.39 is 6.04 Å². The van der Waals surface area contributed by atoms with Gasteiger partial charge in [0.25, 0.3) is 0 Å². The van der Waals surface area contributed by atoms with Crippen molar-refractivity contribution in [3.8, 4) is 0 Å². The Morgan fingerprint density at radius 2 is 1.86 bits per heavy atom. The van der Waals surface area contributed by atoms with E-state index >= 15 is 0 Å². The van der Waals surface area contributed by atoms with Gasteiger partial charge in [0.1, 0.15) is 11.9 Å². The molecule has 1 aliphatic carbocycles. The lowest BCUT2D eigenvalue weighted by atomic mass is 10.0. The van der Waals surface area contributed by atoms with Gasteiger partial charge >= 0.3 is 6.03 Å². The van der Waals surface area contributed by atoms with Crippen LogP contribution in [0.3, 0.4) is 0 Å². The maximum Gasteiger partial charge on any atom is 0.315 e. The second-order valence-corrected chi connectivity index (χ2v) is 5.95. The van der Waals surface area contributed by atoms with Crippen molar-refractivity contribution in [1.29, 1.82) is 0 Å². The third-order valence-electron chi connectivity index (χ3n) is 3.89. The number of rotatable bonds is 5. The molecule has 3 amide bonds. The van der Waals surface area contributed by atoms with Crippen molar-refractivity contribution in [3.63, 3.8) is 0 Å². The van der Waals surface area contributed by atoms with Gasteiger partial charge in [0.05, 0.1) is 0 Å². The van der Waals surface area contributed by atoms with Gasteiger partial charge in [-0.2, -0.15) is 0 Å². The normalized spacial score (nSPS) is 21.1. The number of hydrogen-bond donors (Lipinski definition) is 3. The molecule has 0 spiro atoms. The van der Waals surface area contributed by atoms with Gasteiger partial charge < -0.3 is 16.0 Å². The molecule has 1 aromatic rings. The molecule has 3 atom stereocenters. The third kappa shape index (κ3) is 3.96. The number of halogens is 1. The van der Waals surface area contributed by atoms with Crippen LogP contribution in [0.15, 0.2) is 24.3 Å². The highest BCUT2D eigenvalue weighted by Crippen LogP contribution is 2.40. The summed E-state index contributed by atoms with van der Waals surface area (Å²) in [4.78, 5) is 23.7. The van der Waals surface area contributed by atoms with Gasteiger partial charge in [-0.1, -0.05) is 26.0 Å². The van der Waals surface area contributed by atoms with E-state index in [0.717, 1.165) is 12.0 Å². The average Bonchev–Trinajstić information content (AvgIpc) is 3.23. The first kappa shape index (κ1) is 16.3. The molecule has 5 nitrogen and oxygen atoms in total. The van der Waals surface area contributed by atoms with E-state index in [4.69, 9.17) is 0 Å². The minimum absolute atomic E-state index is 0.00204. The predicted molar refractivity (Wildman–Crippen MR) is 81.9 cm³/mol. The summed E-state index contributed by atoms with van der Waals surface area (Å²) in [5.41, 5.74) is 1.01. The number of hydrogen-bond acceptors (Lipinski definition) is 2. The zero-order valence-corrected chi connectivity index (χ0v) is 13.0. The standard InChI is InChI=1S/C16H22FN3O2/c1-9(2)14(15(21)18-3)20-16(22)19-13-8-12(13)10-4-6-11(17)7-5-10/h4-7,9,12-14H,8H2,1-3H3,(H,18,21)(H2,19,20,22)/t12-,13+,14?/m0/s1. The Labute approximate surface area is 129 Å². The van der Waals surface area contributed by atoms with E-state index in [2.05, 4.69) is 16.0 Å². The summed E-state index contributed by atoms with van der Waals surface area (Å²) in [5.74, 6) is -0.269. The van der Waals surface area contributed by atoms with Crippen LogP contribution in [-0.4, -0.2) is 31.1 Å². The summed E-state index contributed by atoms with van der Waals surface area (Å²) in [6, 6.07) is 5.44. The quantitative estimate of drug-likeness (QED) is 0.775. The fourth-order valence-electron chi connectivity index (χ4n) is 2.47. The van der Waals surface area contributed by atoms with Crippen LogP contribution in [0.1, 0.15) is 31.7 Å². The zero-order chi connectivity index (χ0) is 16.3. The first-order chi connectivity index (χ1) is 10.4. The Kier molecular flexibility index (Phi) is 5.00. The second kappa shape index (κ2) is 6.77. The maximum absolute atomic E-state index is 12.9. The lowest BCUT2D eigenvalue weighted by Crippen LogP contribution is -2.52. The van der Waals surface area contributed by atoms with Crippen LogP contribution in [-0.2, 0) is 4.79 Å². The predicted octanol–water partition coefficient (Wildman–Crippen LogP) is 1.75. The Hall–Kier alpha value is -2.11. The zero-order valence-electron chi connectivity index (χ0n) is 13.0. The Morgan fingerprint density at radius 3 is 2.41 bits per heavy atom. The molecular formula is C16H22FN3O2. The molecule has 120 valence electrons. The molecule has 0 aromatic heterocycles. The van der Waals surface area contributed by atoms with Crippen molar-refractivity contribution in [2.75, 3.05) is 7.05 Å². The topological polar surface area (TPSA) is 70.2 Å². The summed E-state index contributed by atoms with van der Waals surface area (Å²) in [6.07, 6.45) is 0.825. The number of urea groups is 1. The Bertz CT molecular complexity index is 545. The van der Waals surface area contributed by atoms with Crippen LogP contribution < -0.4 is 16.0 Å². The average molecular weight is 307 g/mol. The molecule has 1 aromatic carbocycles. The number of likely N-dealkylation sites (N-methyl/N-ethyl adjacent to an activating group) is 1. The highest BCUT2D eigenvalue weighted by Gasteiger charge is 2.40. The molecule has 2 rings (SSSR count). The highest BCUT2D eigenvalue weighted by atomic mass is 19.1. The summed E-state index contributed by atoms with van der Waals surface area (Å²) in [6.45, 7) is 3.75. The van der Waals surface area contributed by atoms with E-state index in [0.29, 0.717) is 0 Å². The molecule has 22 heavy (non-hydrogen) atoms. The lowest BCUT2D eigenvalue weighted by molar-refractivity contribution is -0.123. The molecule has 6 heteroatoms. The minimum atomic E-state index is -0.562. The molecule has 0 bridgehead atoms. The summed E-state index contributed by atoms with van der Waals surface area (Å²) in [5, 5.41) is 8.10. The van der Waals surface area contributed by atoms with Crippen LogP contribution >= 0.6 is 0 Å². The molecule has 0 aliphatic heterocycles. The summed E-state index contributed by atoms with van der Waals surface area (Å²) in [7, 11) is 1.54. The van der Waals surface area contributed by atoms with Crippen molar-refractivity contribution in [1.82, 2.24) is 16.0 Å². The van der Waals surface area contributed by atoms with Crippen molar-refractivity contribution < 1.29 is 14.0 Å². The van der Waals surface area contributed by atoms with Crippen LogP contribution in [0.25, 0.3) is 0 Å². The smallest absolute Gasteiger partial charge is 0.315 e. The van der Waals surface area contributed by atoms with E-state index in [-0.39, 0.29) is 35.6 Å². The first-order valence-electron chi connectivity index (χ1n) is 7.46. The molecule has 1 fully saturated rings. The van der Waals surface area contributed by atoms with E-state index in [1.807, 2.05) is 13.8 Å². The van der Waals surface area contributed by atoms with Crippen molar-refractivity contribution in [2.45, 2.75) is 38.3 Å². The van der Waals surface area contributed by atoms with E-state index in [1.165, 1.54) is 12.1 Å². The Morgan fingerprint density at radius 1 is 1.23 bits per heavy atom. The van der Waals surface area contributed by atoms with Crippen molar-refractivity contribution in [2.24, 2.45) is 5.92 Å². The van der Waals surface area contributed by atoms with Gasteiger partial charge in [0, 0.05) is 19.0 Å². The number of amides is 3. The highest BCUT2D eigenvalue weighted by molar-refractivity contribution is 5.87. The maximum atomic E-state index is 12.9. The summed E-state index contributed by atoms with van der Waals surface area (Å²) >= 11 is 0. The number of benzene rings is 1. The van der Waals surface area contributed by atoms with Gasteiger partial charge in [-0.05, 0) is 30.0 Å². The summed E-state index contributed by atoms with van der Waals surface area (Å²) < 4.78 is 12.9. The van der Waals surface area contributed by atoms with Crippen LogP contribution in [0.5, 0.6) is 0 Å². The van der Waals surface area contributed by atoms with Crippen LogP contribution in [0, 0.1) is 11.7 Å². The fraction of sp³-hybridized carbons (Fsp3) is 0.500. The molecule has 0 saturated heterocycles. The fourth-order valence-corrected chi connectivity index (χ4v) is 2.47. The van der Waals surface area contributed by atoms with Gasteiger partial charge in [0.2, 0.25) is 5.91 Å². The largest absolute Gasteiger partial charge is 0.357 e. The number of carbonyl (C=O) groups excluding carboxylic acids is 2. The molecular weight excluding hydrogens is 285 g/mol. The SMILES string of the molecule is CNC(=O)C(NC(=O)N[C@@H]1C[C@H]1c1ccc(F)cc1)C(C)C. The Balaban J connectivity index is 1.86. The van der Waals surface area contributed by atoms with Gasteiger partial charge in [0.15, 0.2) is 0 Å². The number of nitrogens with one attached hydrogen (secondary N) is 3. The molecule has 1 unspecified atom stereocenters. The second-order valence-electron chi connectivity index (χ2n) is 5.95. The monoisotopic (exact) mass is 307 g/mol. The lowest BCUT2D eigenvalue weighted by Gasteiger charge is -2.21. The van der Waals surface area contributed by atoms with Gasteiger partial charge in [-0.3, -0.25) is 4.79 Å². The molecule has 1 aliphatic rings. The minimum Gasteiger partial charge on any atom is -0.357 e. The van der Waals surface area contributed by atoms with Gasteiger partial charge in [-0.25, -0.2) is 9.18 Å². The molecule has 0 radical (unpaired) electrons. The van der Waals surface area contributed by atoms with Crippen molar-refractivity contribution >= 4 is 11.9 Å². The molecule has 0 heterocycles. The van der Waals surface area contributed by atoms with E-state index in [9.17, 15) is 14.0 Å². The van der Waals surface area contributed by atoms with Crippen LogP contribution in [0.2, 0.25) is 0 Å². The number of carbonyl (C=O) groups is 2. The van der Waals surface area contributed by atoms with Crippen LogP contribution in [0.4, 0.5) is 9.18 Å².